The first-order valence-corrected chi connectivity index (χ1v) is 6.51. The first kappa shape index (κ1) is 16.3. The van der Waals surface area contributed by atoms with Gasteiger partial charge in [0.1, 0.15) is 17.4 Å². The molecular weight excluding hydrogens is 343 g/mol. The molecule has 0 aromatic heterocycles. The number of hydrogen-bond acceptors (Lipinski definition) is 4. The number of halogens is 4. The van der Waals surface area contributed by atoms with Crippen LogP contribution in [0.15, 0.2) is 12.1 Å². The number of ether oxygens (including phenoxy) is 2. The van der Waals surface area contributed by atoms with Crippen LogP contribution in [-0.4, -0.2) is 18.9 Å². The van der Waals surface area contributed by atoms with Crippen molar-refractivity contribution < 1.29 is 27.4 Å². The van der Waals surface area contributed by atoms with Crippen LogP contribution in [0.5, 0.6) is 5.75 Å². The fourth-order valence-corrected chi connectivity index (χ4v) is 1.95. The summed E-state index contributed by atoms with van der Waals surface area (Å²) in [6.07, 6.45) is -4.97. The Labute approximate surface area is 121 Å². The van der Waals surface area contributed by atoms with Crippen LogP contribution in [0.4, 0.5) is 13.2 Å². The second-order valence-electron chi connectivity index (χ2n) is 3.49. The second kappa shape index (κ2) is 6.61. The van der Waals surface area contributed by atoms with E-state index in [9.17, 15) is 18.0 Å². The van der Waals surface area contributed by atoms with E-state index in [1.54, 1.807) is 6.07 Å². The topological polar surface area (TPSA) is 59.3 Å². The molecule has 0 aliphatic rings. The van der Waals surface area contributed by atoms with E-state index in [2.05, 4.69) is 25.4 Å². The summed E-state index contributed by atoms with van der Waals surface area (Å²) >= 11 is 3.09. The number of hydrogen-bond donors (Lipinski definition) is 0. The highest BCUT2D eigenvalue weighted by atomic mass is 79.9. The van der Waals surface area contributed by atoms with Gasteiger partial charge in [0.25, 0.3) is 0 Å². The van der Waals surface area contributed by atoms with Crippen LogP contribution in [0.1, 0.15) is 28.4 Å². The van der Waals surface area contributed by atoms with E-state index in [0.29, 0.717) is 5.56 Å². The number of carbonyl (C=O) groups is 1. The molecule has 0 unspecified atom stereocenters. The summed E-state index contributed by atoms with van der Waals surface area (Å²) in [5, 5.41) is 9.26. The molecule has 0 saturated heterocycles. The van der Waals surface area contributed by atoms with Gasteiger partial charge in [-0.3, -0.25) is 0 Å². The Morgan fingerprint density at radius 3 is 2.55 bits per heavy atom. The largest absolute Gasteiger partial charge is 0.573 e. The zero-order valence-corrected chi connectivity index (χ0v) is 11.8. The minimum atomic E-state index is -4.97. The van der Waals surface area contributed by atoms with E-state index in [0.717, 1.165) is 6.07 Å². The van der Waals surface area contributed by atoms with E-state index in [1.807, 2.05) is 0 Å². The zero-order valence-electron chi connectivity index (χ0n) is 10.3. The molecule has 0 bridgehead atoms. The SMILES string of the molecule is CCOC(=O)c1c(OC(F)(F)F)ccc(CBr)c1C#N. The first-order chi connectivity index (χ1) is 9.34. The molecule has 4 nitrogen and oxygen atoms in total. The van der Waals surface area contributed by atoms with Crippen LogP contribution in [0.2, 0.25) is 0 Å². The van der Waals surface area contributed by atoms with Crippen molar-refractivity contribution in [2.24, 2.45) is 0 Å². The van der Waals surface area contributed by atoms with Crippen molar-refractivity contribution in [3.63, 3.8) is 0 Å². The Hall–Kier alpha value is -1.75. The number of alkyl halides is 4. The Bertz CT molecular complexity index is 552. The molecule has 0 atom stereocenters. The fraction of sp³-hybridized carbons (Fsp3) is 0.333. The number of benzene rings is 1. The summed E-state index contributed by atoms with van der Waals surface area (Å²) in [5.74, 6) is -1.79. The smallest absolute Gasteiger partial charge is 0.462 e. The second-order valence-corrected chi connectivity index (χ2v) is 4.05. The summed E-state index contributed by atoms with van der Waals surface area (Å²) in [6.45, 7) is 1.47. The molecule has 1 aromatic rings. The average Bonchev–Trinajstić information content (AvgIpc) is 2.36. The first-order valence-electron chi connectivity index (χ1n) is 5.38. The van der Waals surface area contributed by atoms with Crippen LogP contribution in [0, 0.1) is 11.3 Å². The highest BCUT2D eigenvalue weighted by molar-refractivity contribution is 9.08. The molecule has 0 aliphatic carbocycles. The summed E-state index contributed by atoms with van der Waals surface area (Å²) in [7, 11) is 0. The zero-order chi connectivity index (χ0) is 15.3. The van der Waals surface area contributed by atoms with Gasteiger partial charge in [0.2, 0.25) is 0 Å². The molecule has 0 aliphatic heterocycles. The Balaban J connectivity index is 3.45. The van der Waals surface area contributed by atoms with Gasteiger partial charge < -0.3 is 9.47 Å². The quantitative estimate of drug-likeness (QED) is 0.615. The minimum absolute atomic E-state index is 0.0340. The summed E-state index contributed by atoms with van der Waals surface area (Å²) in [6, 6.07) is 3.96. The van der Waals surface area contributed by atoms with Crippen LogP contribution < -0.4 is 4.74 Å². The third-order valence-electron chi connectivity index (χ3n) is 2.21. The molecule has 1 aromatic carbocycles. The molecule has 0 heterocycles. The summed E-state index contributed by atoms with van der Waals surface area (Å²) in [5.41, 5.74) is -0.365. The Kier molecular flexibility index (Phi) is 5.39. The van der Waals surface area contributed by atoms with Crippen LogP contribution in [0.3, 0.4) is 0 Å². The molecule has 0 N–H and O–H groups in total. The van der Waals surface area contributed by atoms with Crippen molar-refractivity contribution in [1.82, 2.24) is 0 Å². The number of carbonyl (C=O) groups excluding carboxylic acids is 1. The standard InChI is InChI=1S/C12H9BrF3NO3/c1-2-19-11(18)10-8(6-17)7(5-13)3-4-9(10)20-12(14,15)16/h3-4H,2,5H2,1H3. The monoisotopic (exact) mass is 351 g/mol. The lowest BCUT2D eigenvalue weighted by atomic mass is 10.0. The third-order valence-corrected chi connectivity index (χ3v) is 2.82. The van der Waals surface area contributed by atoms with Gasteiger partial charge >= 0.3 is 12.3 Å². The number of nitrogens with zero attached hydrogens (tertiary/aromatic N) is 1. The maximum atomic E-state index is 12.3. The lowest BCUT2D eigenvalue weighted by Gasteiger charge is -2.15. The highest BCUT2D eigenvalue weighted by Crippen LogP contribution is 2.31. The molecule has 0 fully saturated rings. The minimum Gasteiger partial charge on any atom is -0.462 e. The van der Waals surface area contributed by atoms with Gasteiger partial charge in [-0.25, -0.2) is 4.79 Å². The molecule has 0 amide bonds. The molecule has 0 radical (unpaired) electrons. The molecule has 0 spiro atoms. The Morgan fingerprint density at radius 1 is 1.45 bits per heavy atom. The van der Waals surface area contributed by atoms with E-state index >= 15 is 0 Å². The van der Waals surface area contributed by atoms with Gasteiger partial charge in [0.05, 0.1) is 12.2 Å². The lowest BCUT2D eigenvalue weighted by Crippen LogP contribution is -2.20. The van der Waals surface area contributed by atoms with Gasteiger partial charge in [-0.05, 0) is 18.6 Å². The molecule has 20 heavy (non-hydrogen) atoms. The summed E-state index contributed by atoms with van der Waals surface area (Å²) in [4.78, 5) is 11.8. The summed E-state index contributed by atoms with van der Waals surface area (Å²) < 4.78 is 45.4. The van der Waals surface area contributed by atoms with Gasteiger partial charge in [0, 0.05) is 5.33 Å². The molecular formula is C12H9BrF3NO3. The lowest BCUT2D eigenvalue weighted by molar-refractivity contribution is -0.274. The van der Waals surface area contributed by atoms with Gasteiger partial charge in [0.15, 0.2) is 0 Å². The van der Waals surface area contributed by atoms with Gasteiger partial charge in [-0.15, -0.1) is 13.2 Å². The maximum Gasteiger partial charge on any atom is 0.573 e. The number of esters is 1. The molecule has 8 heteroatoms. The van der Waals surface area contributed by atoms with Crippen molar-refractivity contribution in [1.29, 1.82) is 5.26 Å². The average molecular weight is 352 g/mol. The molecule has 0 saturated carbocycles. The van der Waals surface area contributed by atoms with E-state index in [1.165, 1.54) is 13.0 Å². The van der Waals surface area contributed by atoms with E-state index in [4.69, 9.17) is 5.26 Å². The molecule has 108 valence electrons. The predicted molar refractivity (Wildman–Crippen MR) is 66.4 cm³/mol. The predicted octanol–water partition coefficient (Wildman–Crippen LogP) is 3.53. The van der Waals surface area contributed by atoms with Gasteiger partial charge in [-0.2, -0.15) is 5.26 Å². The third kappa shape index (κ3) is 3.87. The normalized spacial score (nSPS) is 10.8. The van der Waals surface area contributed by atoms with Crippen LogP contribution in [-0.2, 0) is 10.1 Å². The van der Waals surface area contributed by atoms with Gasteiger partial charge in [-0.1, -0.05) is 22.0 Å². The van der Waals surface area contributed by atoms with E-state index < -0.39 is 23.6 Å². The Morgan fingerprint density at radius 2 is 2.10 bits per heavy atom. The van der Waals surface area contributed by atoms with Crippen molar-refractivity contribution in [2.75, 3.05) is 6.61 Å². The van der Waals surface area contributed by atoms with Crippen molar-refractivity contribution in [3.05, 3.63) is 28.8 Å². The highest BCUT2D eigenvalue weighted by Gasteiger charge is 2.34. The number of nitriles is 1. The van der Waals surface area contributed by atoms with Crippen LogP contribution >= 0.6 is 15.9 Å². The maximum absolute atomic E-state index is 12.3. The van der Waals surface area contributed by atoms with Crippen molar-refractivity contribution in [3.8, 4) is 11.8 Å². The van der Waals surface area contributed by atoms with Crippen molar-refractivity contribution in [2.45, 2.75) is 18.6 Å². The van der Waals surface area contributed by atoms with Crippen LogP contribution in [0.25, 0.3) is 0 Å². The van der Waals surface area contributed by atoms with E-state index in [-0.39, 0.29) is 17.5 Å². The number of rotatable bonds is 4. The fourth-order valence-electron chi connectivity index (χ4n) is 1.48. The van der Waals surface area contributed by atoms with Crippen molar-refractivity contribution >= 4 is 21.9 Å². The molecule has 1 rings (SSSR count).